The fourth-order valence-corrected chi connectivity index (χ4v) is 4.83. The number of aromatic nitrogens is 5. The van der Waals surface area contributed by atoms with Crippen LogP contribution >= 0.6 is 0 Å². The molecule has 5 rings (SSSR count). The van der Waals surface area contributed by atoms with Gasteiger partial charge in [-0.3, -0.25) is 14.4 Å². The zero-order valence-corrected chi connectivity index (χ0v) is 23.8. The Morgan fingerprint density at radius 1 is 1.22 bits per heavy atom. The Kier molecular flexibility index (Phi) is 7.28. The van der Waals surface area contributed by atoms with Gasteiger partial charge in [-0.15, -0.1) is 5.10 Å². The molecule has 0 aliphatic carbocycles. The van der Waals surface area contributed by atoms with Gasteiger partial charge in [0.2, 0.25) is 11.9 Å². The minimum Gasteiger partial charge on any atom is -0.478 e. The lowest BCUT2D eigenvalue weighted by atomic mass is 10.1. The van der Waals surface area contributed by atoms with E-state index < -0.39 is 29.8 Å². The lowest BCUT2D eigenvalue weighted by molar-refractivity contribution is -0.120. The van der Waals surface area contributed by atoms with Gasteiger partial charge in [-0.05, 0) is 39.3 Å². The van der Waals surface area contributed by atoms with Crippen LogP contribution in [-0.4, -0.2) is 73.1 Å². The standard InChI is InChI=1S/C28H33FN8O4/c1-15-11-31-26(33-20-14-36(5)35-25(20)40-6)34-22(15)18-12-30-23-17(18)8-7-9-19(23)32-24(38)21-10-16(29)13-37(21)27(39)41-28(2,3)4/h7-9,11-12,14,16,21,30H,10,13H2,1-6H3,(H,32,38)(H,31,33,34)/t16-,21?/m0/s1. The number of H-pyrrole nitrogens is 1. The third kappa shape index (κ3) is 5.79. The number of hydrogen-bond donors (Lipinski definition) is 3. The zero-order valence-electron chi connectivity index (χ0n) is 23.8. The quantitative estimate of drug-likeness (QED) is 0.306. The summed E-state index contributed by atoms with van der Waals surface area (Å²) in [6, 6.07) is 4.47. The van der Waals surface area contributed by atoms with Gasteiger partial charge in [-0.25, -0.2) is 19.2 Å². The van der Waals surface area contributed by atoms with Crippen LogP contribution in [0.5, 0.6) is 5.88 Å². The molecule has 3 aromatic heterocycles. The topological polar surface area (TPSA) is 139 Å². The lowest BCUT2D eigenvalue weighted by Gasteiger charge is -2.27. The van der Waals surface area contributed by atoms with Gasteiger partial charge < -0.3 is 25.1 Å². The number of likely N-dealkylation sites (tertiary alicyclic amines) is 1. The molecule has 3 N–H and O–H groups in total. The predicted octanol–water partition coefficient (Wildman–Crippen LogP) is 4.71. The van der Waals surface area contributed by atoms with Crippen LogP contribution in [0.25, 0.3) is 22.2 Å². The van der Waals surface area contributed by atoms with Crippen molar-refractivity contribution in [2.24, 2.45) is 7.05 Å². The molecule has 0 bridgehead atoms. The van der Waals surface area contributed by atoms with E-state index in [4.69, 9.17) is 14.5 Å². The van der Waals surface area contributed by atoms with Crippen molar-refractivity contribution in [1.82, 2.24) is 29.6 Å². The molecule has 1 aliphatic heterocycles. The number of para-hydroxylation sites is 1. The van der Waals surface area contributed by atoms with Gasteiger partial charge in [0.05, 0.1) is 36.7 Å². The Balaban J connectivity index is 1.41. The zero-order chi connectivity index (χ0) is 29.5. The molecule has 216 valence electrons. The molecule has 0 spiro atoms. The van der Waals surface area contributed by atoms with E-state index in [-0.39, 0.29) is 13.0 Å². The summed E-state index contributed by atoms with van der Waals surface area (Å²) in [5.41, 5.74) is 3.35. The number of benzene rings is 1. The van der Waals surface area contributed by atoms with Crippen LogP contribution in [0, 0.1) is 6.92 Å². The van der Waals surface area contributed by atoms with Crippen molar-refractivity contribution < 1.29 is 23.5 Å². The average molecular weight is 565 g/mol. The van der Waals surface area contributed by atoms with Crippen LogP contribution in [-0.2, 0) is 16.6 Å². The number of halogens is 1. The molecule has 0 radical (unpaired) electrons. The van der Waals surface area contributed by atoms with Crippen molar-refractivity contribution in [2.45, 2.75) is 51.9 Å². The molecular weight excluding hydrogens is 531 g/mol. The summed E-state index contributed by atoms with van der Waals surface area (Å²) in [6.07, 6.45) is 3.16. The first kappa shape index (κ1) is 27.9. The highest BCUT2D eigenvalue weighted by Crippen LogP contribution is 2.34. The molecule has 41 heavy (non-hydrogen) atoms. The van der Waals surface area contributed by atoms with E-state index in [1.165, 1.54) is 7.11 Å². The number of alkyl halides is 1. The Morgan fingerprint density at radius 2 is 2.00 bits per heavy atom. The molecule has 0 saturated carbocycles. The molecule has 4 aromatic rings. The molecule has 4 heterocycles. The normalized spacial score (nSPS) is 17.1. The number of hydrogen-bond acceptors (Lipinski definition) is 8. The van der Waals surface area contributed by atoms with E-state index in [0.717, 1.165) is 21.4 Å². The summed E-state index contributed by atoms with van der Waals surface area (Å²) in [5, 5.41) is 11.1. The molecule has 13 heteroatoms. The number of nitrogens with zero attached hydrogens (tertiary/aromatic N) is 5. The highest BCUT2D eigenvalue weighted by atomic mass is 19.1. The van der Waals surface area contributed by atoms with Crippen LogP contribution in [0.3, 0.4) is 0 Å². The van der Waals surface area contributed by atoms with E-state index in [2.05, 4.69) is 25.7 Å². The van der Waals surface area contributed by atoms with Gasteiger partial charge in [0.25, 0.3) is 5.88 Å². The summed E-state index contributed by atoms with van der Waals surface area (Å²) in [6.45, 7) is 6.88. The molecule has 12 nitrogen and oxygen atoms in total. The van der Waals surface area contributed by atoms with Gasteiger partial charge in [-0.2, -0.15) is 0 Å². The maximum atomic E-state index is 14.3. The number of carbonyl (C=O) groups excluding carboxylic acids is 2. The Hall–Kier alpha value is -4.68. The molecule has 1 saturated heterocycles. The summed E-state index contributed by atoms with van der Waals surface area (Å²) >= 11 is 0. The van der Waals surface area contributed by atoms with Gasteiger partial charge in [0.15, 0.2) is 0 Å². The Morgan fingerprint density at radius 3 is 2.73 bits per heavy atom. The first-order valence-electron chi connectivity index (χ1n) is 13.2. The van der Waals surface area contributed by atoms with E-state index >= 15 is 0 Å². The van der Waals surface area contributed by atoms with E-state index in [1.54, 1.807) is 51.0 Å². The number of fused-ring (bicyclic) bond motifs is 1. The molecule has 1 aliphatic rings. The number of nitrogens with one attached hydrogen (secondary N) is 3. The number of aromatic amines is 1. The fraction of sp³-hybridized carbons (Fsp3) is 0.393. The lowest BCUT2D eigenvalue weighted by Crippen LogP contribution is -2.45. The first-order chi connectivity index (χ1) is 19.4. The molecule has 1 aromatic carbocycles. The fourth-order valence-electron chi connectivity index (χ4n) is 4.83. The second-order valence-electron chi connectivity index (χ2n) is 11.0. The second kappa shape index (κ2) is 10.7. The third-order valence-corrected chi connectivity index (χ3v) is 6.62. The molecule has 2 amide bonds. The largest absolute Gasteiger partial charge is 0.478 e. The maximum absolute atomic E-state index is 14.3. The van der Waals surface area contributed by atoms with E-state index in [9.17, 15) is 14.0 Å². The van der Waals surface area contributed by atoms with Gasteiger partial charge in [0.1, 0.15) is 23.5 Å². The van der Waals surface area contributed by atoms with E-state index in [1.807, 2.05) is 25.3 Å². The predicted molar refractivity (Wildman–Crippen MR) is 152 cm³/mol. The number of methoxy groups -OCH3 is 1. The van der Waals surface area contributed by atoms with Gasteiger partial charge in [0, 0.05) is 36.8 Å². The number of amides is 2. The highest BCUT2D eigenvalue weighted by Gasteiger charge is 2.42. The Labute approximate surface area is 236 Å². The van der Waals surface area contributed by atoms with Crippen molar-refractivity contribution >= 4 is 40.2 Å². The van der Waals surface area contributed by atoms with Crippen molar-refractivity contribution in [3.05, 3.63) is 42.4 Å². The average Bonchev–Trinajstić information content (AvgIpc) is 3.61. The minimum atomic E-state index is -1.32. The van der Waals surface area contributed by atoms with Crippen LogP contribution < -0.4 is 15.4 Å². The van der Waals surface area contributed by atoms with Crippen molar-refractivity contribution in [3.8, 4) is 17.1 Å². The van der Waals surface area contributed by atoms with Crippen LogP contribution in [0.1, 0.15) is 32.8 Å². The number of anilines is 3. The van der Waals surface area contributed by atoms with Gasteiger partial charge >= 0.3 is 6.09 Å². The number of rotatable bonds is 6. The minimum absolute atomic E-state index is 0.103. The van der Waals surface area contributed by atoms with E-state index in [0.29, 0.717) is 34.4 Å². The van der Waals surface area contributed by atoms with Crippen molar-refractivity contribution in [2.75, 3.05) is 24.3 Å². The van der Waals surface area contributed by atoms with Crippen LogP contribution in [0.15, 0.2) is 36.8 Å². The molecule has 1 unspecified atom stereocenters. The molecule has 1 fully saturated rings. The Bertz CT molecular complexity index is 1610. The second-order valence-corrected chi connectivity index (χ2v) is 11.0. The number of carbonyl (C=O) groups is 2. The van der Waals surface area contributed by atoms with Crippen molar-refractivity contribution in [3.63, 3.8) is 0 Å². The number of ether oxygens (including phenoxy) is 2. The summed E-state index contributed by atoms with van der Waals surface area (Å²) in [5.74, 6) is 0.284. The van der Waals surface area contributed by atoms with Crippen LogP contribution in [0.4, 0.5) is 26.5 Å². The van der Waals surface area contributed by atoms with Gasteiger partial charge in [-0.1, -0.05) is 12.1 Å². The maximum Gasteiger partial charge on any atom is 0.411 e. The first-order valence-corrected chi connectivity index (χ1v) is 13.2. The monoisotopic (exact) mass is 564 g/mol. The summed E-state index contributed by atoms with van der Waals surface area (Å²) < 4.78 is 26.7. The summed E-state index contributed by atoms with van der Waals surface area (Å²) in [7, 11) is 3.32. The summed E-state index contributed by atoms with van der Waals surface area (Å²) in [4.78, 5) is 39.5. The molecule has 2 atom stereocenters. The number of aryl methyl sites for hydroxylation is 2. The SMILES string of the molecule is COc1nn(C)cc1Nc1ncc(C)c(-c2c[nH]c3c(NC(=O)C4C[C@H](F)CN4C(=O)OC(C)(C)C)cccc23)n1. The smallest absolute Gasteiger partial charge is 0.411 e. The highest BCUT2D eigenvalue weighted by molar-refractivity contribution is 6.07. The van der Waals surface area contributed by atoms with Crippen LogP contribution in [0.2, 0.25) is 0 Å². The van der Waals surface area contributed by atoms with Crippen molar-refractivity contribution in [1.29, 1.82) is 0 Å². The third-order valence-electron chi connectivity index (χ3n) is 6.62. The molecular formula is C28H33FN8O4.